The lowest BCUT2D eigenvalue weighted by atomic mass is 10.3. The molecule has 0 heterocycles. The molecule has 0 aromatic heterocycles. The molecule has 2 N–H and O–H groups in total. The second-order valence-corrected chi connectivity index (χ2v) is 3.00. The number of anilines is 1. The fourth-order valence-corrected chi connectivity index (χ4v) is 1.05. The Morgan fingerprint density at radius 3 is 2.60 bits per heavy atom. The van der Waals surface area contributed by atoms with Crippen LogP contribution in [0, 0.1) is 0 Å². The molecule has 0 fully saturated rings. The summed E-state index contributed by atoms with van der Waals surface area (Å²) in [5.41, 5.74) is 0.748. The Morgan fingerprint density at radius 2 is 2.07 bits per heavy atom. The number of carbonyl (C=O) groups is 1. The number of benzene rings is 1. The summed E-state index contributed by atoms with van der Waals surface area (Å²) in [6.45, 7) is 2.07. The van der Waals surface area contributed by atoms with Crippen molar-refractivity contribution in [1.29, 1.82) is 0 Å². The number of aliphatic hydroxyl groups excluding tert-OH is 1. The van der Waals surface area contributed by atoms with Gasteiger partial charge in [0.15, 0.2) is 0 Å². The topological polar surface area (TPSA) is 58.6 Å². The maximum absolute atomic E-state index is 11.1. The fraction of sp³-hybridized carbons (Fsp3) is 0.364. The molecular weight excluding hydrogens is 194 g/mol. The highest BCUT2D eigenvalue weighted by Crippen LogP contribution is 2.15. The Labute approximate surface area is 88.9 Å². The third kappa shape index (κ3) is 3.99. The van der Waals surface area contributed by atoms with Crippen molar-refractivity contribution in [2.75, 3.05) is 18.5 Å². The van der Waals surface area contributed by atoms with Crippen LogP contribution in [0.25, 0.3) is 0 Å². The Balaban J connectivity index is 2.52. The van der Waals surface area contributed by atoms with Crippen molar-refractivity contribution in [3.05, 3.63) is 24.3 Å². The zero-order chi connectivity index (χ0) is 11.1. The summed E-state index contributed by atoms with van der Waals surface area (Å²) >= 11 is 0. The Hall–Kier alpha value is -1.55. The summed E-state index contributed by atoms with van der Waals surface area (Å²) < 4.78 is 5.18. The normalized spacial score (nSPS) is 9.73. The lowest BCUT2D eigenvalue weighted by Gasteiger charge is -2.06. The van der Waals surface area contributed by atoms with Crippen LogP contribution >= 0.6 is 0 Å². The van der Waals surface area contributed by atoms with Crippen molar-refractivity contribution in [3.63, 3.8) is 0 Å². The van der Waals surface area contributed by atoms with Gasteiger partial charge in [-0.2, -0.15) is 0 Å². The molecule has 0 bridgehead atoms. The van der Waals surface area contributed by atoms with Crippen molar-refractivity contribution in [1.82, 2.24) is 0 Å². The molecule has 1 rings (SSSR count). The van der Waals surface area contributed by atoms with E-state index >= 15 is 0 Å². The predicted molar refractivity (Wildman–Crippen MR) is 57.9 cm³/mol. The first kappa shape index (κ1) is 11.5. The summed E-state index contributed by atoms with van der Waals surface area (Å²) in [4.78, 5) is 11.1. The van der Waals surface area contributed by atoms with Gasteiger partial charge in [-0.1, -0.05) is 6.92 Å². The van der Waals surface area contributed by atoms with Gasteiger partial charge >= 0.3 is 0 Å². The Morgan fingerprint density at radius 1 is 1.40 bits per heavy atom. The molecule has 0 aliphatic rings. The van der Waals surface area contributed by atoms with E-state index in [-0.39, 0.29) is 19.1 Å². The molecule has 0 saturated carbocycles. The maximum Gasteiger partial charge on any atom is 0.224 e. The predicted octanol–water partition coefficient (Wildman–Crippen LogP) is 1.41. The molecule has 0 aliphatic carbocycles. The van der Waals surface area contributed by atoms with E-state index in [1.54, 1.807) is 31.2 Å². The zero-order valence-corrected chi connectivity index (χ0v) is 8.69. The van der Waals surface area contributed by atoms with Gasteiger partial charge in [0.05, 0.1) is 6.61 Å². The van der Waals surface area contributed by atoms with Crippen LogP contribution in [0.5, 0.6) is 5.75 Å². The Bertz CT molecular complexity index is 308. The van der Waals surface area contributed by atoms with E-state index in [1.165, 1.54) is 0 Å². The molecule has 1 aromatic carbocycles. The van der Waals surface area contributed by atoms with Crippen LogP contribution in [0.3, 0.4) is 0 Å². The highest BCUT2D eigenvalue weighted by Gasteiger charge is 1.98. The third-order valence-corrected chi connectivity index (χ3v) is 1.82. The van der Waals surface area contributed by atoms with Gasteiger partial charge in [0.25, 0.3) is 0 Å². The van der Waals surface area contributed by atoms with Gasteiger partial charge in [-0.15, -0.1) is 0 Å². The first-order valence-corrected chi connectivity index (χ1v) is 4.90. The number of hydrogen-bond donors (Lipinski definition) is 2. The molecule has 0 spiro atoms. The highest BCUT2D eigenvalue weighted by molar-refractivity contribution is 5.90. The number of amides is 1. The number of ether oxygens (including phenoxy) is 1. The van der Waals surface area contributed by atoms with E-state index in [0.29, 0.717) is 12.2 Å². The largest absolute Gasteiger partial charge is 0.491 e. The van der Waals surface area contributed by atoms with Crippen LogP contribution in [0.15, 0.2) is 24.3 Å². The zero-order valence-electron chi connectivity index (χ0n) is 8.69. The smallest absolute Gasteiger partial charge is 0.224 e. The van der Waals surface area contributed by atoms with Crippen LogP contribution < -0.4 is 10.1 Å². The molecule has 4 nitrogen and oxygen atoms in total. The van der Waals surface area contributed by atoms with Crippen molar-refractivity contribution in [2.24, 2.45) is 0 Å². The summed E-state index contributed by atoms with van der Waals surface area (Å²) in [6.07, 6.45) is 0.461. The van der Waals surface area contributed by atoms with Gasteiger partial charge in [0.1, 0.15) is 12.4 Å². The van der Waals surface area contributed by atoms with Crippen molar-refractivity contribution >= 4 is 11.6 Å². The molecule has 0 atom stereocenters. The number of aliphatic hydroxyl groups is 1. The SMILES string of the molecule is CCC(=O)Nc1ccc(OCCO)cc1. The van der Waals surface area contributed by atoms with Gasteiger partial charge in [-0.05, 0) is 24.3 Å². The first-order valence-electron chi connectivity index (χ1n) is 4.90. The van der Waals surface area contributed by atoms with Crippen LogP contribution in [0.1, 0.15) is 13.3 Å². The van der Waals surface area contributed by atoms with E-state index in [4.69, 9.17) is 9.84 Å². The van der Waals surface area contributed by atoms with Gasteiger partial charge in [-0.3, -0.25) is 4.79 Å². The minimum absolute atomic E-state index is 0.00563. The van der Waals surface area contributed by atoms with Crippen LogP contribution in [0.4, 0.5) is 5.69 Å². The molecule has 4 heteroatoms. The number of carbonyl (C=O) groups excluding carboxylic acids is 1. The van der Waals surface area contributed by atoms with Gasteiger partial charge < -0.3 is 15.2 Å². The van der Waals surface area contributed by atoms with E-state index in [1.807, 2.05) is 0 Å². The number of rotatable bonds is 5. The highest BCUT2D eigenvalue weighted by atomic mass is 16.5. The van der Waals surface area contributed by atoms with E-state index in [2.05, 4.69) is 5.32 Å². The standard InChI is InChI=1S/C11H15NO3/c1-2-11(14)12-9-3-5-10(6-4-9)15-8-7-13/h3-6,13H,2,7-8H2,1H3,(H,12,14). The van der Waals surface area contributed by atoms with Crippen LogP contribution in [0.2, 0.25) is 0 Å². The van der Waals surface area contributed by atoms with Gasteiger partial charge in [0, 0.05) is 12.1 Å². The summed E-state index contributed by atoms with van der Waals surface area (Å²) in [6, 6.07) is 7.03. The van der Waals surface area contributed by atoms with Crippen molar-refractivity contribution in [3.8, 4) is 5.75 Å². The minimum atomic E-state index is -0.0148. The second-order valence-electron chi connectivity index (χ2n) is 3.00. The van der Waals surface area contributed by atoms with Crippen molar-refractivity contribution < 1.29 is 14.6 Å². The van der Waals surface area contributed by atoms with Gasteiger partial charge in [-0.25, -0.2) is 0 Å². The summed E-state index contributed by atoms with van der Waals surface area (Å²) in [7, 11) is 0. The maximum atomic E-state index is 11.1. The molecular formula is C11H15NO3. The molecule has 0 unspecified atom stereocenters. The van der Waals surface area contributed by atoms with Crippen molar-refractivity contribution in [2.45, 2.75) is 13.3 Å². The minimum Gasteiger partial charge on any atom is -0.491 e. The molecule has 0 aliphatic heterocycles. The van der Waals surface area contributed by atoms with Crippen LogP contribution in [-0.4, -0.2) is 24.2 Å². The lowest BCUT2D eigenvalue weighted by Crippen LogP contribution is -2.09. The molecule has 1 aromatic rings. The summed E-state index contributed by atoms with van der Waals surface area (Å²) in [5, 5.41) is 11.3. The molecule has 0 saturated heterocycles. The van der Waals surface area contributed by atoms with E-state index in [0.717, 1.165) is 5.69 Å². The average Bonchev–Trinajstić information content (AvgIpc) is 2.28. The Kier molecular flexibility index (Phi) is 4.63. The number of nitrogens with one attached hydrogen (secondary N) is 1. The molecule has 82 valence electrons. The molecule has 0 radical (unpaired) electrons. The lowest BCUT2D eigenvalue weighted by molar-refractivity contribution is -0.115. The van der Waals surface area contributed by atoms with E-state index < -0.39 is 0 Å². The third-order valence-electron chi connectivity index (χ3n) is 1.82. The first-order chi connectivity index (χ1) is 7.26. The summed E-state index contributed by atoms with van der Waals surface area (Å²) in [5.74, 6) is 0.664. The average molecular weight is 209 g/mol. The quantitative estimate of drug-likeness (QED) is 0.770. The fourth-order valence-electron chi connectivity index (χ4n) is 1.05. The molecule has 15 heavy (non-hydrogen) atoms. The van der Waals surface area contributed by atoms with E-state index in [9.17, 15) is 4.79 Å². The monoisotopic (exact) mass is 209 g/mol. The number of hydrogen-bond acceptors (Lipinski definition) is 3. The second kappa shape index (κ2) is 6.03. The molecule has 1 amide bonds. The van der Waals surface area contributed by atoms with Gasteiger partial charge in [0.2, 0.25) is 5.91 Å². The van der Waals surface area contributed by atoms with Crippen LogP contribution in [-0.2, 0) is 4.79 Å².